The molecule has 0 spiro atoms. The van der Waals surface area contributed by atoms with Gasteiger partial charge in [-0.3, -0.25) is 0 Å². The van der Waals surface area contributed by atoms with Gasteiger partial charge in [0.05, 0.1) is 6.10 Å². The molecule has 2 heteroatoms. The summed E-state index contributed by atoms with van der Waals surface area (Å²) in [4.78, 5) is 0. The fourth-order valence-electron chi connectivity index (χ4n) is 0.475. The lowest BCUT2D eigenvalue weighted by atomic mass is 10.4. The molecule has 0 bridgehead atoms. The summed E-state index contributed by atoms with van der Waals surface area (Å²) in [6.45, 7) is 4.65. The zero-order valence-electron chi connectivity index (χ0n) is 5.42. The smallest absolute Gasteiger partial charge is 0.0744 e. The van der Waals surface area contributed by atoms with Gasteiger partial charge in [-0.1, -0.05) is 0 Å². The van der Waals surface area contributed by atoms with Gasteiger partial charge in [-0.2, -0.15) is 0 Å². The van der Waals surface area contributed by atoms with Crippen LogP contribution in [0, 0.1) is 0 Å². The van der Waals surface area contributed by atoms with Gasteiger partial charge in [-0.25, -0.2) is 0 Å². The van der Waals surface area contributed by atoms with Crippen molar-refractivity contribution in [1.29, 1.82) is 0 Å². The molecular weight excluding hydrogens is 102 g/mol. The minimum atomic E-state index is 0.157. The molecule has 0 saturated carbocycles. The van der Waals surface area contributed by atoms with E-state index < -0.39 is 0 Å². The Morgan fingerprint density at radius 2 is 2.38 bits per heavy atom. The van der Waals surface area contributed by atoms with Crippen molar-refractivity contribution in [3.05, 3.63) is 12.3 Å². The van der Waals surface area contributed by atoms with Crippen LogP contribution in [0.1, 0.15) is 13.8 Å². The largest absolute Gasteiger partial charge is 0.405 e. The third-order valence-electron chi connectivity index (χ3n) is 0.812. The van der Waals surface area contributed by atoms with E-state index in [9.17, 15) is 0 Å². The molecule has 0 aromatic heterocycles. The van der Waals surface area contributed by atoms with Crippen molar-refractivity contribution in [2.45, 2.75) is 20.0 Å². The summed E-state index contributed by atoms with van der Waals surface area (Å²) < 4.78 is 5.12. The maximum Gasteiger partial charge on any atom is 0.0744 e. The fraction of sp³-hybridized carbons (Fsp3) is 0.667. The molecule has 2 N–H and O–H groups in total. The van der Waals surface area contributed by atoms with Crippen LogP contribution in [-0.4, -0.2) is 12.7 Å². The van der Waals surface area contributed by atoms with Crippen LogP contribution < -0.4 is 5.73 Å². The fourth-order valence-corrected chi connectivity index (χ4v) is 0.475. The zero-order chi connectivity index (χ0) is 6.41. The molecule has 0 saturated heterocycles. The van der Waals surface area contributed by atoms with Gasteiger partial charge < -0.3 is 10.5 Å². The molecular formula is C6H13NO. The van der Waals surface area contributed by atoms with E-state index in [1.807, 2.05) is 19.9 Å². The second-order valence-corrected chi connectivity index (χ2v) is 1.55. The van der Waals surface area contributed by atoms with E-state index in [2.05, 4.69) is 0 Å². The highest BCUT2D eigenvalue weighted by Crippen LogP contribution is 1.88. The first kappa shape index (κ1) is 7.50. The maximum atomic E-state index is 5.12. The molecule has 0 radical (unpaired) electrons. The lowest BCUT2D eigenvalue weighted by Gasteiger charge is -2.03. The van der Waals surface area contributed by atoms with Crippen LogP contribution in [-0.2, 0) is 4.74 Å². The molecule has 1 unspecified atom stereocenters. The first-order chi connectivity index (χ1) is 3.81. The molecule has 0 aliphatic carbocycles. The standard InChI is InChI=1S/C6H13NO/c1-3-8-6(2)4-5-7/h4-6H,3,7H2,1-2H3/b5-4-. The number of nitrogens with two attached hydrogens (primary N) is 1. The average Bonchev–Trinajstić information content (AvgIpc) is 1.68. The Hall–Kier alpha value is -0.500. The molecule has 0 aromatic rings. The summed E-state index contributed by atoms with van der Waals surface area (Å²) in [7, 11) is 0. The SMILES string of the molecule is CCOC(C)/C=C\N. The summed E-state index contributed by atoms with van der Waals surface area (Å²) in [5.41, 5.74) is 5.10. The lowest BCUT2D eigenvalue weighted by molar-refractivity contribution is 0.109. The van der Waals surface area contributed by atoms with E-state index in [0.29, 0.717) is 0 Å². The van der Waals surface area contributed by atoms with Crippen LogP contribution in [0.15, 0.2) is 12.3 Å². The summed E-state index contributed by atoms with van der Waals surface area (Å²) in [6, 6.07) is 0. The first-order valence-corrected chi connectivity index (χ1v) is 2.81. The van der Waals surface area contributed by atoms with Crippen LogP contribution in [0.25, 0.3) is 0 Å². The maximum absolute atomic E-state index is 5.12. The predicted molar refractivity (Wildman–Crippen MR) is 34.4 cm³/mol. The molecule has 0 aliphatic rings. The topological polar surface area (TPSA) is 35.2 Å². The highest BCUT2D eigenvalue weighted by Gasteiger charge is 1.89. The van der Waals surface area contributed by atoms with Crippen molar-refractivity contribution in [3.63, 3.8) is 0 Å². The van der Waals surface area contributed by atoms with Gasteiger partial charge in [0.25, 0.3) is 0 Å². The monoisotopic (exact) mass is 115 g/mol. The van der Waals surface area contributed by atoms with E-state index in [1.54, 1.807) is 0 Å². The van der Waals surface area contributed by atoms with Gasteiger partial charge in [-0.15, -0.1) is 0 Å². The third-order valence-corrected chi connectivity index (χ3v) is 0.812. The van der Waals surface area contributed by atoms with Gasteiger partial charge in [0.15, 0.2) is 0 Å². The first-order valence-electron chi connectivity index (χ1n) is 2.81. The molecule has 0 rings (SSSR count). The molecule has 2 nitrogen and oxygen atoms in total. The normalized spacial score (nSPS) is 14.8. The highest BCUT2D eigenvalue weighted by molar-refractivity contribution is 4.82. The zero-order valence-corrected chi connectivity index (χ0v) is 5.42. The van der Waals surface area contributed by atoms with Crippen LogP contribution in [0.4, 0.5) is 0 Å². The van der Waals surface area contributed by atoms with Gasteiger partial charge in [0, 0.05) is 6.61 Å². The Balaban J connectivity index is 3.17. The minimum absolute atomic E-state index is 0.157. The summed E-state index contributed by atoms with van der Waals surface area (Å²) >= 11 is 0. The Morgan fingerprint density at radius 1 is 1.75 bits per heavy atom. The number of hydrogen-bond acceptors (Lipinski definition) is 2. The van der Waals surface area contributed by atoms with Crippen LogP contribution in [0.3, 0.4) is 0 Å². The second-order valence-electron chi connectivity index (χ2n) is 1.55. The Bertz CT molecular complexity index is 70.9. The summed E-state index contributed by atoms with van der Waals surface area (Å²) in [5, 5.41) is 0. The molecule has 1 atom stereocenters. The molecule has 0 fully saturated rings. The second kappa shape index (κ2) is 4.65. The van der Waals surface area contributed by atoms with E-state index in [0.717, 1.165) is 6.61 Å². The highest BCUT2D eigenvalue weighted by atomic mass is 16.5. The van der Waals surface area contributed by atoms with Gasteiger partial charge in [-0.05, 0) is 26.1 Å². The van der Waals surface area contributed by atoms with Crippen molar-refractivity contribution in [2.75, 3.05) is 6.61 Å². The van der Waals surface area contributed by atoms with Gasteiger partial charge >= 0.3 is 0 Å². The van der Waals surface area contributed by atoms with Crippen molar-refractivity contribution in [2.24, 2.45) is 5.73 Å². The van der Waals surface area contributed by atoms with E-state index in [-0.39, 0.29) is 6.10 Å². The molecule has 0 aromatic carbocycles. The van der Waals surface area contributed by atoms with Gasteiger partial charge in [0.1, 0.15) is 0 Å². The minimum Gasteiger partial charge on any atom is -0.405 e. The van der Waals surface area contributed by atoms with E-state index in [1.165, 1.54) is 6.20 Å². The van der Waals surface area contributed by atoms with Crippen LogP contribution >= 0.6 is 0 Å². The molecule has 8 heavy (non-hydrogen) atoms. The summed E-state index contributed by atoms with van der Waals surface area (Å²) in [5.74, 6) is 0. The predicted octanol–water partition coefficient (Wildman–Crippen LogP) is 0.884. The molecule has 48 valence electrons. The van der Waals surface area contributed by atoms with E-state index >= 15 is 0 Å². The van der Waals surface area contributed by atoms with Crippen molar-refractivity contribution in [3.8, 4) is 0 Å². The van der Waals surface area contributed by atoms with Crippen LogP contribution in [0.2, 0.25) is 0 Å². The quantitative estimate of drug-likeness (QED) is 0.592. The molecule has 0 heterocycles. The Morgan fingerprint density at radius 3 is 2.75 bits per heavy atom. The Kier molecular flexibility index (Phi) is 4.36. The molecule has 0 amide bonds. The van der Waals surface area contributed by atoms with Crippen molar-refractivity contribution < 1.29 is 4.74 Å². The number of rotatable bonds is 3. The number of ether oxygens (including phenoxy) is 1. The van der Waals surface area contributed by atoms with Gasteiger partial charge in [0.2, 0.25) is 0 Å². The third kappa shape index (κ3) is 3.68. The van der Waals surface area contributed by atoms with Crippen molar-refractivity contribution in [1.82, 2.24) is 0 Å². The molecule has 0 aliphatic heterocycles. The van der Waals surface area contributed by atoms with Crippen LogP contribution in [0.5, 0.6) is 0 Å². The lowest BCUT2D eigenvalue weighted by Crippen LogP contribution is -2.03. The van der Waals surface area contributed by atoms with E-state index in [4.69, 9.17) is 10.5 Å². The summed E-state index contributed by atoms with van der Waals surface area (Å²) in [6.07, 6.45) is 3.47. The average molecular weight is 115 g/mol. The number of hydrogen-bond donors (Lipinski definition) is 1. The van der Waals surface area contributed by atoms with Crippen molar-refractivity contribution >= 4 is 0 Å². The Labute approximate surface area is 50.3 Å².